The van der Waals surface area contributed by atoms with Gasteiger partial charge in [-0.05, 0) is 37.1 Å². The van der Waals surface area contributed by atoms with E-state index in [2.05, 4.69) is 4.98 Å². The molecule has 6 nitrogen and oxygen atoms in total. The van der Waals surface area contributed by atoms with Crippen LogP contribution >= 0.6 is 0 Å². The van der Waals surface area contributed by atoms with Crippen molar-refractivity contribution < 1.29 is 23.1 Å². The van der Waals surface area contributed by atoms with E-state index in [1.165, 1.54) is 24.3 Å². The van der Waals surface area contributed by atoms with E-state index in [4.69, 9.17) is 9.15 Å². The van der Waals surface area contributed by atoms with Gasteiger partial charge in [-0.25, -0.2) is 9.37 Å². The van der Waals surface area contributed by atoms with Crippen molar-refractivity contribution in [3.05, 3.63) is 78.1 Å². The number of benzene rings is 2. The zero-order valence-electron chi connectivity index (χ0n) is 16.3. The minimum Gasteiger partial charge on any atom is -0.455 e. The van der Waals surface area contributed by atoms with Gasteiger partial charge in [-0.15, -0.1) is 0 Å². The molecule has 0 radical (unpaired) electrons. The molecule has 2 aromatic carbocycles. The molecule has 30 heavy (non-hydrogen) atoms. The van der Waals surface area contributed by atoms with Crippen molar-refractivity contribution >= 4 is 11.9 Å². The van der Waals surface area contributed by atoms with Crippen LogP contribution in [0.2, 0.25) is 0 Å². The van der Waals surface area contributed by atoms with Crippen molar-refractivity contribution in [3.8, 4) is 11.3 Å². The highest BCUT2D eigenvalue weighted by atomic mass is 19.1. The molecule has 0 saturated carbocycles. The molecule has 0 spiro atoms. The van der Waals surface area contributed by atoms with Crippen molar-refractivity contribution in [2.24, 2.45) is 5.92 Å². The number of amides is 1. The van der Waals surface area contributed by atoms with E-state index >= 15 is 0 Å². The van der Waals surface area contributed by atoms with Crippen LogP contribution in [0.5, 0.6) is 0 Å². The van der Waals surface area contributed by atoms with Crippen LogP contribution in [0.1, 0.15) is 29.1 Å². The Labute approximate surface area is 173 Å². The maximum Gasteiger partial charge on any atom is 0.309 e. The molecule has 1 aliphatic rings. The lowest BCUT2D eigenvalue weighted by molar-refractivity contribution is -0.152. The molecular weight excluding hydrogens is 387 g/mol. The van der Waals surface area contributed by atoms with Crippen LogP contribution in [0, 0.1) is 11.7 Å². The third-order valence-electron chi connectivity index (χ3n) is 5.16. The van der Waals surface area contributed by atoms with Crippen LogP contribution in [-0.4, -0.2) is 34.8 Å². The molecule has 0 aliphatic carbocycles. The second-order valence-corrected chi connectivity index (χ2v) is 7.17. The van der Waals surface area contributed by atoms with Crippen molar-refractivity contribution in [2.75, 3.05) is 13.1 Å². The normalized spacial score (nSPS) is 14.5. The summed E-state index contributed by atoms with van der Waals surface area (Å²) in [6, 6.07) is 15.0. The van der Waals surface area contributed by atoms with Gasteiger partial charge >= 0.3 is 5.97 Å². The third kappa shape index (κ3) is 4.56. The van der Waals surface area contributed by atoms with Crippen LogP contribution < -0.4 is 0 Å². The van der Waals surface area contributed by atoms with Crippen LogP contribution in [0.15, 0.2) is 65.2 Å². The van der Waals surface area contributed by atoms with Crippen molar-refractivity contribution in [3.63, 3.8) is 0 Å². The average molecular weight is 408 g/mol. The Morgan fingerprint density at radius 2 is 1.77 bits per heavy atom. The molecule has 4 rings (SSSR count). The van der Waals surface area contributed by atoms with E-state index in [1.54, 1.807) is 11.1 Å². The molecule has 0 atom stereocenters. The van der Waals surface area contributed by atoms with Gasteiger partial charge in [0, 0.05) is 24.2 Å². The van der Waals surface area contributed by atoms with Crippen LogP contribution in [-0.2, 0) is 16.1 Å². The van der Waals surface area contributed by atoms with E-state index in [1.807, 2.05) is 30.3 Å². The van der Waals surface area contributed by atoms with E-state index in [0.29, 0.717) is 43.1 Å². The summed E-state index contributed by atoms with van der Waals surface area (Å²) in [6.45, 7) is 0.876. The number of nitrogens with zero attached hydrogens (tertiary/aromatic N) is 2. The van der Waals surface area contributed by atoms with Crippen molar-refractivity contribution in [1.29, 1.82) is 0 Å². The molecule has 1 fully saturated rings. The monoisotopic (exact) mass is 408 g/mol. The van der Waals surface area contributed by atoms with E-state index in [-0.39, 0.29) is 30.2 Å². The summed E-state index contributed by atoms with van der Waals surface area (Å²) in [5.41, 5.74) is 1.34. The molecule has 0 N–H and O–H groups in total. The maximum atomic E-state index is 13.0. The quantitative estimate of drug-likeness (QED) is 0.595. The smallest absolute Gasteiger partial charge is 0.309 e. The molecule has 2 heterocycles. The fourth-order valence-electron chi connectivity index (χ4n) is 3.46. The Hall–Kier alpha value is -3.48. The van der Waals surface area contributed by atoms with Crippen molar-refractivity contribution in [2.45, 2.75) is 19.4 Å². The Morgan fingerprint density at radius 1 is 1.07 bits per heavy atom. The summed E-state index contributed by atoms with van der Waals surface area (Å²) in [5, 5.41) is 0. The lowest BCUT2D eigenvalue weighted by Crippen LogP contribution is -2.40. The summed E-state index contributed by atoms with van der Waals surface area (Å²) in [6.07, 6.45) is 2.65. The number of hydrogen-bond acceptors (Lipinski definition) is 5. The van der Waals surface area contributed by atoms with Gasteiger partial charge in [0.05, 0.1) is 12.1 Å². The fraction of sp³-hybridized carbons (Fsp3) is 0.261. The highest BCUT2D eigenvalue weighted by Gasteiger charge is 2.29. The van der Waals surface area contributed by atoms with Crippen LogP contribution in [0.4, 0.5) is 4.39 Å². The zero-order valence-corrected chi connectivity index (χ0v) is 16.3. The second-order valence-electron chi connectivity index (χ2n) is 7.17. The number of piperidine rings is 1. The van der Waals surface area contributed by atoms with E-state index in [0.717, 1.165) is 5.56 Å². The third-order valence-corrected chi connectivity index (χ3v) is 5.16. The van der Waals surface area contributed by atoms with Gasteiger partial charge < -0.3 is 14.1 Å². The minimum atomic E-state index is -0.380. The Balaban J connectivity index is 1.26. The lowest BCUT2D eigenvalue weighted by Gasteiger charge is -2.30. The van der Waals surface area contributed by atoms with Gasteiger partial charge in [-0.3, -0.25) is 9.59 Å². The first-order valence-corrected chi connectivity index (χ1v) is 9.82. The molecule has 7 heteroatoms. The summed E-state index contributed by atoms with van der Waals surface area (Å²) in [4.78, 5) is 30.7. The molecule has 0 unspecified atom stereocenters. The largest absolute Gasteiger partial charge is 0.455 e. The number of hydrogen-bond donors (Lipinski definition) is 0. The summed E-state index contributed by atoms with van der Waals surface area (Å²) in [7, 11) is 0. The zero-order chi connectivity index (χ0) is 20.9. The molecule has 1 amide bonds. The number of carbonyl (C=O) groups excluding carboxylic acids is 2. The second kappa shape index (κ2) is 8.90. The highest BCUT2D eigenvalue weighted by molar-refractivity contribution is 5.94. The lowest BCUT2D eigenvalue weighted by atomic mass is 9.96. The molecule has 0 bridgehead atoms. The average Bonchev–Trinajstić information content (AvgIpc) is 3.27. The van der Waals surface area contributed by atoms with Gasteiger partial charge in [0.2, 0.25) is 5.89 Å². The first-order valence-electron chi connectivity index (χ1n) is 9.82. The van der Waals surface area contributed by atoms with E-state index < -0.39 is 0 Å². The number of rotatable bonds is 5. The molecule has 3 aromatic rings. The van der Waals surface area contributed by atoms with Gasteiger partial charge in [0.1, 0.15) is 5.82 Å². The Morgan fingerprint density at radius 3 is 2.47 bits per heavy atom. The molecule has 1 aliphatic heterocycles. The van der Waals surface area contributed by atoms with E-state index in [9.17, 15) is 14.0 Å². The first-order chi connectivity index (χ1) is 14.6. The van der Waals surface area contributed by atoms with Gasteiger partial charge in [-0.1, -0.05) is 30.3 Å². The fourth-order valence-corrected chi connectivity index (χ4v) is 3.46. The van der Waals surface area contributed by atoms with Crippen molar-refractivity contribution in [1.82, 2.24) is 9.88 Å². The SMILES string of the molecule is O=C(OCc1ncc(-c2ccccc2)o1)C1CCN(C(=O)c2ccc(F)cc2)CC1. The Kier molecular flexibility index (Phi) is 5.88. The Bertz CT molecular complexity index is 1010. The number of aromatic nitrogens is 1. The summed E-state index contributed by atoms with van der Waals surface area (Å²) < 4.78 is 24.0. The standard InChI is InChI=1S/C23H21FN2O4/c24-19-8-6-17(7-9-19)22(27)26-12-10-18(11-13-26)23(28)29-15-21-25-14-20(30-21)16-4-2-1-3-5-16/h1-9,14,18H,10-13,15H2. The van der Waals surface area contributed by atoms with Gasteiger partial charge in [0.25, 0.3) is 5.91 Å². The summed E-state index contributed by atoms with van der Waals surface area (Å²) in [5.74, 6) is -0.167. The maximum absolute atomic E-state index is 13.0. The number of halogens is 1. The number of carbonyl (C=O) groups is 2. The number of ether oxygens (including phenoxy) is 1. The first kappa shape index (κ1) is 19.8. The van der Waals surface area contributed by atoms with Gasteiger partial charge in [-0.2, -0.15) is 0 Å². The van der Waals surface area contributed by atoms with Crippen LogP contribution in [0.3, 0.4) is 0 Å². The molecule has 1 aromatic heterocycles. The van der Waals surface area contributed by atoms with Crippen LogP contribution in [0.25, 0.3) is 11.3 Å². The molecule has 154 valence electrons. The number of esters is 1. The minimum absolute atomic E-state index is 0.0274. The molecular formula is C23H21FN2O4. The topological polar surface area (TPSA) is 72.6 Å². The highest BCUT2D eigenvalue weighted by Crippen LogP contribution is 2.23. The number of likely N-dealkylation sites (tertiary alicyclic amines) is 1. The predicted octanol–water partition coefficient (Wildman–Crippen LogP) is 4.08. The molecule has 1 saturated heterocycles. The van der Waals surface area contributed by atoms with Gasteiger partial charge in [0.15, 0.2) is 12.4 Å². The summed E-state index contributed by atoms with van der Waals surface area (Å²) >= 11 is 0. The number of oxazole rings is 1. The predicted molar refractivity (Wildman–Crippen MR) is 107 cm³/mol.